The fourth-order valence-electron chi connectivity index (χ4n) is 1.03. The Morgan fingerprint density at radius 1 is 1.40 bits per heavy atom. The molecule has 1 aromatic carbocycles. The van der Waals surface area contributed by atoms with E-state index in [-0.39, 0.29) is 35.1 Å². The Bertz CT molecular complexity index is 442. The van der Waals surface area contributed by atoms with Gasteiger partial charge >= 0.3 is 29.6 Å². The van der Waals surface area contributed by atoms with Gasteiger partial charge in [-0.05, 0) is 19.1 Å². The summed E-state index contributed by atoms with van der Waals surface area (Å²) >= 11 is 0. The van der Waals surface area contributed by atoms with Gasteiger partial charge in [-0.3, -0.25) is 0 Å². The molecule has 0 aromatic heterocycles. The van der Waals surface area contributed by atoms with E-state index in [1.165, 1.54) is 18.2 Å². The van der Waals surface area contributed by atoms with Crippen molar-refractivity contribution in [2.45, 2.75) is 12.4 Å². The Hall–Kier alpha value is -0.110. The number of hydrogen-bond donors (Lipinski definition) is 2. The molecule has 5 nitrogen and oxygen atoms in total. The van der Waals surface area contributed by atoms with Crippen LogP contribution < -0.4 is 29.6 Å². The molecule has 0 aliphatic carbocycles. The van der Waals surface area contributed by atoms with Crippen LogP contribution in [0.3, 0.4) is 0 Å². The number of aliphatic hydroxyl groups is 1. The second-order valence-corrected chi connectivity index (χ2v) is 4.34. The molecule has 1 aromatic rings. The van der Waals surface area contributed by atoms with Gasteiger partial charge in [0.15, 0.2) is 5.44 Å². The maximum atomic E-state index is 10.5. The largest absolute Gasteiger partial charge is 1.00 e. The number of aromatic hydroxyl groups is 1. The zero-order chi connectivity index (χ0) is 10.9. The molecule has 15 heavy (non-hydrogen) atoms. The quantitative estimate of drug-likeness (QED) is 0.431. The number of rotatable bonds is 2. The van der Waals surface area contributed by atoms with Gasteiger partial charge in [-0.25, -0.2) is 8.42 Å². The van der Waals surface area contributed by atoms with Gasteiger partial charge in [-0.15, -0.1) is 0 Å². The van der Waals surface area contributed by atoms with Crippen LogP contribution in [0.4, 0.5) is 0 Å². The first kappa shape index (κ1) is 14.9. The van der Waals surface area contributed by atoms with Crippen LogP contribution in [0.5, 0.6) is 5.75 Å². The van der Waals surface area contributed by atoms with Crippen LogP contribution in [0.15, 0.2) is 18.2 Å². The summed E-state index contributed by atoms with van der Waals surface area (Å²) in [6, 6.07) is 4.00. The molecule has 0 spiro atoms. The zero-order valence-electron chi connectivity index (χ0n) is 8.34. The molecule has 0 radical (unpaired) electrons. The summed E-state index contributed by atoms with van der Waals surface area (Å²) in [4.78, 5) is 0. The molecule has 0 saturated carbocycles. The van der Waals surface area contributed by atoms with Crippen LogP contribution in [0.1, 0.15) is 16.6 Å². The third kappa shape index (κ3) is 3.75. The number of benzene rings is 1. The van der Waals surface area contributed by atoms with Crippen LogP contribution >= 0.6 is 0 Å². The molecule has 0 fully saturated rings. The standard InChI is InChI=1S/C8H10O5S.Na/c1-5-2-3-7(9)6(4-5)8(10)14(11,12)13;/h2-4,8-10H,1H3,(H,11,12,13);/q;+1/p-1. The Morgan fingerprint density at radius 2 is 1.93 bits per heavy atom. The number of phenolic OH excluding ortho intramolecular Hbond substituents is 1. The van der Waals surface area contributed by atoms with Crippen molar-refractivity contribution in [1.29, 1.82) is 0 Å². The molecular weight excluding hydrogens is 231 g/mol. The van der Waals surface area contributed by atoms with Gasteiger partial charge in [-0.1, -0.05) is 11.6 Å². The molecule has 1 atom stereocenters. The third-order valence-electron chi connectivity index (χ3n) is 1.72. The summed E-state index contributed by atoms with van der Waals surface area (Å²) in [6.07, 6.45) is 0. The second-order valence-electron chi connectivity index (χ2n) is 2.91. The summed E-state index contributed by atoms with van der Waals surface area (Å²) in [5.41, 5.74) is -1.87. The number of aryl methyl sites for hydroxylation is 1. The predicted octanol–water partition coefficient (Wildman–Crippen LogP) is -2.76. The second kappa shape index (κ2) is 5.29. The molecule has 0 aliphatic rings. The van der Waals surface area contributed by atoms with Crippen molar-refractivity contribution in [3.8, 4) is 5.75 Å². The van der Waals surface area contributed by atoms with E-state index in [0.717, 1.165) is 0 Å². The molecule has 0 saturated heterocycles. The molecule has 0 aliphatic heterocycles. The summed E-state index contributed by atoms with van der Waals surface area (Å²) < 4.78 is 31.4. The van der Waals surface area contributed by atoms with Crippen LogP contribution in [0.2, 0.25) is 0 Å². The van der Waals surface area contributed by atoms with E-state index in [4.69, 9.17) is 5.11 Å². The summed E-state index contributed by atoms with van der Waals surface area (Å²) in [6.45, 7) is 1.65. The van der Waals surface area contributed by atoms with Gasteiger partial charge in [0, 0.05) is 5.56 Å². The van der Waals surface area contributed by atoms with Crippen molar-refractivity contribution in [3.63, 3.8) is 0 Å². The summed E-state index contributed by atoms with van der Waals surface area (Å²) in [5.74, 6) is -0.414. The van der Waals surface area contributed by atoms with Crippen molar-refractivity contribution in [2.75, 3.05) is 0 Å². The van der Waals surface area contributed by atoms with Gasteiger partial charge in [0.1, 0.15) is 15.9 Å². The summed E-state index contributed by atoms with van der Waals surface area (Å²) in [7, 11) is -4.85. The first-order valence-electron chi connectivity index (χ1n) is 3.74. The van der Waals surface area contributed by atoms with E-state index >= 15 is 0 Å². The molecule has 0 amide bonds. The molecule has 1 rings (SSSR count). The average Bonchev–Trinajstić information content (AvgIpc) is 2.06. The maximum Gasteiger partial charge on any atom is 1.00 e. The fourth-order valence-corrected chi connectivity index (χ4v) is 1.53. The van der Waals surface area contributed by atoms with E-state index in [1.54, 1.807) is 6.92 Å². The van der Waals surface area contributed by atoms with Crippen molar-refractivity contribution in [1.82, 2.24) is 0 Å². The van der Waals surface area contributed by atoms with E-state index in [9.17, 15) is 18.1 Å². The normalized spacial score (nSPS) is 13.0. The van der Waals surface area contributed by atoms with Crippen molar-refractivity contribution < 1.29 is 52.7 Å². The van der Waals surface area contributed by atoms with Gasteiger partial charge in [-0.2, -0.15) is 0 Å². The van der Waals surface area contributed by atoms with Gasteiger partial charge < -0.3 is 14.8 Å². The van der Waals surface area contributed by atoms with Gasteiger partial charge in [0.2, 0.25) is 0 Å². The molecular formula is C8H9NaO5S. The Balaban J connectivity index is 0.00000196. The molecule has 2 N–H and O–H groups in total. The first-order valence-corrected chi connectivity index (χ1v) is 5.22. The van der Waals surface area contributed by atoms with E-state index in [0.29, 0.717) is 5.56 Å². The maximum absolute atomic E-state index is 10.5. The smallest absolute Gasteiger partial charge is 0.746 e. The predicted molar refractivity (Wildman–Crippen MR) is 47.5 cm³/mol. The minimum Gasteiger partial charge on any atom is -0.746 e. The van der Waals surface area contributed by atoms with Crippen molar-refractivity contribution in [2.24, 2.45) is 0 Å². The molecule has 78 valence electrons. The van der Waals surface area contributed by atoms with E-state index in [2.05, 4.69) is 0 Å². The van der Waals surface area contributed by atoms with E-state index < -0.39 is 21.3 Å². The monoisotopic (exact) mass is 240 g/mol. The Kier molecular flexibility index (Phi) is 5.25. The average molecular weight is 240 g/mol. The van der Waals surface area contributed by atoms with Crippen LogP contribution in [0.25, 0.3) is 0 Å². The molecule has 0 heterocycles. The SMILES string of the molecule is Cc1ccc(O)c(C(O)S(=O)(=O)[O-])c1.[Na+]. The minimum absolute atomic E-state index is 0. The molecule has 1 unspecified atom stereocenters. The van der Waals surface area contributed by atoms with E-state index in [1.807, 2.05) is 0 Å². The fraction of sp³-hybridized carbons (Fsp3) is 0.250. The van der Waals surface area contributed by atoms with Crippen molar-refractivity contribution in [3.05, 3.63) is 29.3 Å². The number of phenols is 1. The molecule has 7 heteroatoms. The third-order valence-corrected chi connectivity index (χ3v) is 2.52. The number of aliphatic hydroxyl groups excluding tert-OH is 1. The first-order chi connectivity index (χ1) is 6.32. The van der Waals surface area contributed by atoms with Crippen LogP contribution in [-0.4, -0.2) is 23.2 Å². The minimum atomic E-state index is -4.85. The van der Waals surface area contributed by atoms with Gasteiger partial charge in [0.25, 0.3) is 0 Å². The molecule has 0 bridgehead atoms. The Morgan fingerprint density at radius 3 is 2.40 bits per heavy atom. The van der Waals surface area contributed by atoms with Crippen LogP contribution in [-0.2, 0) is 10.1 Å². The topological polar surface area (TPSA) is 97.7 Å². The van der Waals surface area contributed by atoms with Crippen molar-refractivity contribution >= 4 is 10.1 Å². The van der Waals surface area contributed by atoms with Crippen LogP contribution in [0, 0.1) is 6.92 Å². The summed E-state index contributed by atoms with van der Waals surface area (Å²) in [5, 5.41) is 18.3. The number of hydrogen-bond acceptors (Lipinski definition) is 5. The zero-order valence-corrected chi connectivity index (χ0v) is 11.2. The van der Waals surface area contributed by atoms with Gasteiger partial charge in [0.05, 0.1) is 0 Å². The Labute approximate surface area is 110 Å².